The molecule has 0 aliphatic heterocycles. The number of benzene rings is 1. The Labute approximate surface area is 130 Å². The number of nitrogens with one attached hydrogen (secondary N) is 1. The van der Waals surface area contributed by atoms with Crippen molar-refractivity contribution in [2.75, 3.05) is 6.61 Å². The first-order valence-corrected chi connectivity index (χ1v) is 7.79. The van der Waals surface area contributed by atoms with Crippen molar-refractivity contribution in [2.45, 2.75) is 38.4 Å². The van der Waals surface area contributed by atoms with Crippen LogP contribution in [0.25, 0.3) is 0 Å². The number of aromatic nitrogens is 2. The molecule has 1 fully saturated rings. The summed E-state index contributed by atoms with van der Waals surface area (Å²) in [6.07, 6.45) is 9.07. The number of hydrogen-bond donors (Lipinski definition) is 1. The first-order chi connectivity index (χ1) is 10.3. The molecule has 1 aromatic carbocycles. The molecule has 112 valence electrons. The van der Waals surface area contributed by atoms with Gasteiger partial charge < -0.3 is 14.6 Å². The number of aryl methyl sites for hydroxylation is 1. The number of rotatable bonds is 8. The predicted octanol–water partition coefficient (Wildman–Crippen LogP) is 3.26. The maximum Gasteiger partial charge on any atom is 0.137 e. The summed E-state index contributed by atoms with van der Waals surface area (Å²) in [7, 11) is 0. The minimum absolute atomic E-state index is 0.650. The zero-order valence-electron chi connectivity index (χ0n) is 12.0. The van der Waals surface area contributed by atoms with Crippen LogP contribution < -0.4 is 10.1 Å². The molecule has 0 amide bonds. The lowest BCUT2D eigenvalue weighted by Crippen LogP contribution is -2.15. The van der Waals surface area contributed by atoms with Crippen LogP contribution in [-0.2, 0) is 13.1 Å². The van der Waals surface area contributed by atoms with Gasteiger partial charge in [0.1, 0.15) is 5.75 Å². The average Bonchev–Trinajstić information content (AvgIpc) is 3.17. The third-order valence-corrected chi connectivity index (χ3v) is 3.84. The van der Waals surface area contributed by atoms with E-state index in [0.717, 1.165) is 25.3 Å². The van der Waals surface area contributed by atoms with Crippen molar-refractivity contribution in [1.29, 1.82) is 0 Å². The van der Waals surface area contributed by atoms with Gasteiger partial charge in [0.15, 0.2) is 0 Å². The Morgan fingerprint density at radius 1 is 1.38 bits per heavy atom. The molecular formula is C16H20ClN3O. The van der Waals surface area contributed by atoms with E-state index in [0.29, 0.717) is 17.7 Å². The first-order valence-electron chi connectivity index (χ1n) is 7.41. The number of hydrogen-bond acceptors (Lipinski definition) is 3. The molecule has 1 aliphatic carbocycles. The zero-order valence-corrected chi connectivity index (χ0v) is 12.7. The van der Waals surface area contributed by atoms with Gasteiger partial charge in [0.2, 0.25) is 0 Å². The molecular weight excluding hydrogens is 286 g/mol. The molecule has 4 nitrogen and oxygen atoms in total. The highest BCUT2D eigenvalue weighted by Gasteiger charge is 2.20. The molecule has 5 heteroatoms. The molecule has 0 spiro atoms. The number of halogens is 1. The topological polar surface area (TPSA) is 39.1 Å². The summed E-state index contributed by atoms with van der Waals surface area (Å²) in [5, 5.41) is 4.17. The van der Waals surface area contributed by atoms with E-state index in [1.807, 2.05) is 29.2 Å². The first kappa shape index (κ1) is 14.4. The molecule has 21 heavy (non-hydrogen) atoms. The third-order valence-electron chi connectivity index (χ3n) is 3.55. The van der Waals surface area contributed by atoms with Gasteiger partial charge in [-0.05, 0) is 37.0 Å². The molecule has 1 aliphatic rings. The number of ether oxygens (including phenoxy) is 1. The van der Waals surface area contributed by atoms with E-state index in [4.69, 9.17) is 16.3 Å². The molecule has 0 saturated heterocycles. The van der Waals surface area contributed by atoms with Crippen molar-refractivity contribution < 1.29 is 4.74 Å². The van der Waals surface area contributed by atoms with Crippen molar-refractivity contribution in [2.24, 2.45) is 0 Å². The van der Waals surface area contributed by atoms with Crippen molar-refractivity contribution in [3.05, 3.63) is 47.5 Å². The highest BCUT2D eigenvalue weighted by Crippen LogP contribution is 2.26. The van der Waals surface area contributed by atoms with E-state index in [1.165, 1.54) is 18.4 Å². The lowest BCUT2D eigenvalue weighted by molar-refractivity contribution is 0.302. The number of imidazole rings is 1. The van der Waals surface area contributed by atoms with Crippen molar-refractivity contribution >= 4 is 11.6 Å². The normalized spacial score (nSPS) is 14.3. The van der Waals surface area contributed by atoms with Crippen molar-refractivity contribution in [3.63, 3.8) is 0 Å². The molecule has 0 atom stereocenters. The van der Waals surface area contributed by atoms with Crippen LogP contribution in [0.3, 0.4) is 0 Å². The van der Waals surface area contributed by atoms with Gasteiger partial charge in [-0.15, -0.1) is 0 Å². The Balaban J connectivity index is 1.43. The van der Waals surface area contributed by atoms with Crippen LogP contribution in [0.5, 0.6) is 5.75 Å². The smallest absolute Gasteiger partial charge is 0.137 e. The summed E-state index contributed by atoms with van der Waals surface area (Å²) in [5.74, 6) is 0.762. The van der Waals surface area contributed by atoms with E-state index >= 15 is 0 Å². The summed E-state index contributed by atoms with van der Waals surface area (Å²) < 4.78 is 7.78. The van der Waals surface area contributed by atoms with Crippen molar-refractivity contribution in [1.82, 2.24) is 14.9 Å². The lowest BCUT2D eigenvalue weighted by Gasteiger charge is -2.10. The molecule has 0 radical (unpaired) electrons. The van der Waals surface area contributed by atoms with E-state index in [9.17, 15) is 0 Å². The van der Waals surface area contributed by atoms with Gasteiger partial charge in [-0.1, -0.05) is 17.7 Å². The molecule has 0 unspecified atom stereocenters. The summed E-state index contributed by atoms with van der Waals surface area (Å²) in [6.45, 7) is 2.43. The molecule has 1 saturated carbocycles. The lowest BCUT2D eigenvalue weighted by atomic mass is 10.2. The Morgan fingerprint density at radius 3 is 3.00 bits per heavy atom. The fourth-order valence-corrected chi connectivity index (χ4v) is 2.43. The van der Waals surface area contributed by atoms with Gasteiger partial charge in [0.05, 0.1) is 18.0 Å². The van der Waals surface area contributed by atoms with E-state index in [2.05, 4.69) is 16.4 Å². The SMILES string of the molecule is Clc1cc(CNC2CC2)ccc1OCCCn1ccnc1. The van der Waals surface area contributed by atoms with Gasteiger partial charge in [-0.25, -0.2) is 4.98 Å². The molecule has 1 N–H and O–H groups in total. The summed E-state index contributed by atoms with van der Waals surface area (Å²) in [4.78, 5) is 4.01. The minimum atomic E-state index is 0.650. The average molecular weight is 306 g/mol. The second-order valence-electron chi connectivity index (χ2n) is 5.42. The third kappa shape index (κ3) is 4.48. The molecule has 0 bridgehead atoms. The Hall–Kier alpha value is -1.52. The molecule has 3 rings (SSSR count). The minimum Gasteiger partial charge on any atom is -0.492 e. The van der Waals surface area contributed by atoms with Crippen LogP contribution in [0.2, 0.25) is 5.02 Å². The molecule has 1 heterocycles. The van der Waals surface area contributed by atoms with Gasteiger partial charge >= 0.3 is 0 Å². The maximum atomic E-state index is 6.27. The van der Waals surface area contributed by atoms with Crippen LogP contribution >= 0.6 is 11.6 Å². The zero-order chi connectivity index (χ0) is 14.5. The van der Waals surface area contributed by atoms with E-state index in [-0.39, 0.29) is 0 Å². The second kappa shape index (κ2) is 6.96. The summed E-state index contributed by atoms with van der Waals surface area (Å²) >= 11 is 6.27. The van der Waals surface area contributed by atoms with Crippen LogP contribution in [0.1, 0.15) is 24.8 Å². The van der Waals surface area contributed by atoms with Crippen LogP contribution in [0.4, 0.5) is 0 Å². The molecule has 1 aromatic heterocycles. The van der Waals surface area contributed by atoms with Gasteiger partial charge in [-0.2, -0.15) is 0 Å². The Morgan fingerprint density at radius 2 is 2.29 bits per heavy atom. The second-order valence-corrected chi connectivity index (χ2v) is 5.83. The van der Waals surface area contributed by atoms with Gasteiger partial charge in [-0.3, -0.25) is 0 Å². The summed E-state index contributed by atoms with van der Waals surface area (Å²) in [6, 6.07) is 6.74. The van der Waals surface area contributed by atoms with E-state index < -0.39 is 0 Å². The monoisotopic (exact) mass is 305 g/mol. The largest absolute Gasteiger partial charge is 0.492 e. The molecule has 2 aromatic rings. The quantitative estimate of drug-likeness (QED) is 0.761. The summed E-state index contributed by atoms with van der Waals surface area (Å²) in [5.41, 5.74) is 1.21. The number of nitrogens with zero attached hydrogens (tertiary/aromatic N) is 2. The van der Waals surface area contributed by atoms with Crippen molar-refractivity contribution in [3.8, 4) is 5.75 Å². The standard InChI is InChI=1S/C16H20ClN3O/c17-15-10-13(11-19-14-3-4-14)2-5-16(15)21-9-1-7-20-8-6-18-12-20/h2,5-6,8,10,12,14,19H,1,3-4,7,9,11H2. The van der Waals surface area contributed by atoms with Crippen LogP contribution in [-0.4, -0.2) is 22.2 Å². The Kier molecular flexibility index (Phi) is 4.78. The fraction of sp³-hybridized carbons (Fsp3) is 0.438. The Bertz CT molecular complexity index is 567. The fourth-order valence-electron chi connectivity index (χ4n) is 2.17. The maximum absolute atomic E-state index is 6.27. The van der Waals surface area contributed by atoms with E-state index in [1.54, 1.807) is 6.20 Å². The van der Waals surface area contributed by atoms with Crippen LogP contribution in [0.15, 0.2) is 36.9 Å². The van der Waals surface area contributed by atoms with Gasteiger partial charge in [0.25, 0.3) is 0 Å². The predicted molar refractivity (Wildman–Crippen MR) is 83.7 cm³/mol. The van der Waals surface area contributed by atoms with Crippen LogP contribution in [0, 0.1) is 0 Å². The van der Waals surface area contributed by atoms with Gasteiger partial charge in [0, 0.05) is 31.5 Å². The highest BCUT2D eigenvalue weighted by atomic mass is 35.5. The highest BCUT2D eigenvalue weighted by molar-refractivity contribution is 6.32.